The number of amides is 1. The third-order valence-corrected chi connectivity index (χ3v) is 5.11. The molecule has 3 aromatic rings. The van der Waals surface area contributed by atoms with Crippen molar-refractivity contribution >= 4 is 22.6 Å². The number of oxazole rings is 1. The lowest BCUT2D eigenvalue weighted by atomic mass is 9.96. The fourth-order valence-corrected chi connectivity index (χ4v) is 3.48. The second kappa shape index (κ2) is 7.35. The van der Waals surface area contributed by atoms with Crippen LogP contribution < -0.4 is 0 Å². The van der Waals surface area contributed by atoms with E-state index >= 15 is 0 Å². The SMILES string of the molecule is C/C(=C\C(=O)N1CCC(c2nc3ccccc3o2)CC1)c1ccc(F)cc1. The van der Waals surface area contributed by atoms with Crippen molar-refractivity contribution < 1.29 is 13.6 Å². The van der Waals surface area contributed by atoms with Crippen molar-refractivity contribution in [1.29, 1.82) is 0 Å². The molecule has 1 aliphatic heterocycles. The molecule has 0 aliphatic carbocycles. The molecule has 138 valence electrons. The smallest absolute Gasteiger partial charge is 0.246 e. The first-order valence-electron chi connectivity index (χ1n) is 9.19. The van der Waals surface area contributed by atoms with Gasteiger partial charge in [0.1, 0.15) is 11.3 Å². The van der Waals surface area contributed by atoms with Gasteiger partial charge in [-0.05, 0) is 55.2 Å². The average Bonchev–Trinajstić information content (AvgIpc) is 3.13. The van der Waals surface area contributed by atoms with Crippen LogP contribution in [0.3, 0.4) is 0 Å². The quantitative estimate of drug-likeness (QED) is 0.629. The molecule has 27 heavy (non-hydrogen) atoms. The Morgan fingerprint density at radius 1 is 1.15 bits per heavy atom. The summed E-state index contributed by atoms with van der Waals surface area (Å²) in [7, 11) is 0. The van der Waals surface area contributed by atoms with Gasteiger partial charge < -0.3 is 9.32 Å². The predicted octanol–water partition coefficient (Wildman–Crippen LogP) is 4.78. The van der Waals surface area contributed by atoms with E-state index in [9.17, 15) is 9.18 Å². The summed E-state index contributed by atoms with van der Waals surface area (Å²) < 4.78 is 18.9. The zero-order valence-electron chi connectivity index (χ0n) is 15.2. The van der Waals surface area contributed by atoms with Crippen LogP contribution in [0.15, 0.2) is 59.0 Å². The summed E-state index contributed by atoms with van der Waals surface area (Å²) in [5.74, 6) is 0.719. The molecule has 0 bridgehead atoms. The summed E-state index contributed by atoms with van der Waals surface area (Å²) in [6.07, 6.45) is 3.30. The van der Waals surface area contributed by atoms with Crippen molar-refractivity contribution in [2.75, 3.05) is 13.1 Å². The second-order valence-corrected chi connectivity index (χ2v) is 6.95. The van der Waals surface area contributed by atoms with Gasteiger partial charge in [0.15, 0.2) is 11.5 Å². The third kappa shape index (κ3) is 3.77. The minimum Gasteiger partial charge on any atom is -0.440 e. The van der Waals surface area contributed by atoms with Crippen LogP contribution >= 0.6 is 0 Å². The predicted molar refractivity (Wildman–Crippen MR) is 103 cm³/mol. The van der Waals surface area contributed by atoms with E-state index in [-0.39, 0.29) is 17.6 Å². The zero-order valence-corrected chi connectivity index (χ0v) is 15.2. The Balaban J connectivity index is 1.40. The minimum atomic E-state index is -0.279. The molecular weight excluding hydrogens is 343 g/mol. The number of fused-ring (bicyclic) bond motifs is 1. The highest BCUT2D eigenvalue weighted by Crippen LogP contribution is 2.30. The van der Waals surface area contributed by atoms with Crippen LogP contribution in [0.2, 0.25) is 0 Å². The molecule has 1 fully saturated rings. The highest BCUT2D eigenvalue weighted by atomic mass is 19.1. The molecule has 0 N–H and O–H groups in total. The number of benzene rings is 2. The molecular formula is C22H21FN2O2. The van der Waals surface area contributed by atoms with Crippen LogP contribution in [0, 0.1) is 5.82 Å². The minimum absolute atomic E-state index is 0.00663. The molecule has 0 atom stereocenters. The normalized spacial score (nSPS) is 16.1. The van der Waals surface area contributed by atoms with Gasteiger partial charge in [-0.3, -0.25) is 4.79 Å². The number of hydrogen-bond donors (Lipinski definition) is 0. The lowest BCUT2D eigenvalue weighted by Gasteiger charge is -2.30. The number of likely N-dealkylation sites (tertiary alicyclic amines) is 1. The van der Waals surface area contributed by atoms with Crippen molar-refractivity contribution in [3.8, 4) is 0 Å². The first-order valence-corrected chi connectivity index (χ1v) is 9.19. The Morgan fingerprint density at radius 3 is 2.56 bits per heavy atom. The molecule has 1 aromatic heterocycles. The lowest BCUT2D eigenvalue weighted by molar-refractivity contribution is -0.127. The fraction of sp³-hybridized carbons (Fsp3) is 0.273. The number of carbonyl (C=O) groups is 1. The van der Waals surface area contributed by atoms with E-state index in [1.807, 2.05) is 36.1 Å². The molecule has 1 saturated heterocycles. The highest BCUT2D eigenvalue weighted by Gasteiger charge is 2.26. The maximum absolute atomic E-state index is 13.0. The second-order valence-electron chi connectivity index (χ2n) is 6.95. The van der Waals surface area contributed by atoms with Crippen LogP contribution in [0.4, 0.5) is 4.39 Å². The monoisotopic (exact) mass is 364 g/mol. The summed E-state index contributed by atoms with van der Waals surface area (Å²) in [6, 6.07) is 13.9. The van der Waals surface area contributed by atoms with Gasteiger partial charge in [-0.15, -0.1) is 0 Å². The number of carbonyl (C=O) groups excluding carboxylic acids is 1. The Morgan fingerprint density at radius 2 is 1.85 bits per heavy atom. The van der Waals surface area contributed by atoms with E-state index in [4.69, 9.17) is 4.42 Å². The standard InChI is InChI=1S/C22H21FN2O2/c1-15(16-6-8-18(23)9-7-16)14-21(26)25-12-10-17(11-13-25)22-24-19-4-2-3-5-20(19)27-22/h2-9,14,17H,10-13H2,1H3/b15-14+. The van der Waals surface area contributed by atoms with Crippen molar-refractivity contribution in [2.45, 2.75) is 25.7 Å². The molecule has 0 radical (unpaired) electrons. The van der Waals surface area contributed by atoms with Gasteiger partial charge in [-0.25, -0.2) is 9.37 Å². The number of hydrogen-bond acceptors (Lipinski definition) is 3. The van der Waals surface area contributed by atoms with E-state index in [1.165, 1.54) is 12.1 Å². The van der Waals surface area contributed by atoms with Gasteiger partial charge >= 0.3 is 0 Å². The number of halogens is 1. The molecule has 0 unspecified atom stereocenters. The Kier molecular flexibility index (Phi) is 4.75. The van der Waals surface area contributed by atoms with Crippen LogP contribution in [0.25, 0.3) is 16.7 Å². The van der Waals surface area contributed by atoms with Gasteiger partial charge in [0.2, 0.25) is 5.91 Å². The molecule has 4 rings (SSSR count). The topological polar surface area (TPSA) is 46.3 Å². The van der Waals surface area contributed by atoms with Crippen LogP contribution in [0.5, 0.6) is 0 Å². The Bertz CT molecular complexity index is 950. The van der Waals surface area contributed by atoms with Crippen molar-refractivity contribution in [1.82, 2.24) is 9.88 Å². The summed E-state index contributed by atoms with van der Waals surface area (Å²) in [6.45, 7) is 3.22. The van der Waals surface area contributed by atoms with Gasteiger partial charge in [-0.2, -0.15) is 0 Å². The van der Waals surface area contributed by atoms with Crippen LogP contribution in [-0.2, 0) is 4.79 Å². The molecule has 5 heteroatoms. The van der Waals surface area contributed by atoms with Crippen molar-refractivity contribution in [2.24, 2.45) is 0 Å². The molecule has 0 spiro atoms. The van der Waals surface area contributed by atoms with E-state index < -0.39 is 0 Å². The molecule has 0 saturated carbocycles. The summed E-state index contributed by atoms with van der Waals surface area (Å²) >= 11 is 0. The third-order valence-electron chi connectivity index (χ3n) is 5.11. The highest BCUT2D eigenvalue weighted by molar-refractivity contribution is 5.94. The summed E-state index contributed by atoms with van der Waals surface area (Å²) in [4.78, 5) is 19.0. The maximum atomic E-state index is 13.0. The largest absolute Gasteiger partial charge is 0.440 e. The first kappa shape index (κ1) is 17.5. The van der Waals surface area contributed by atoms with Crippen LogP contribution in [0.1, 0.15) is 37.1 Å². The number of rotatable bonds is 3. The molecule has 2 heterocycles. The molecule has 4 nitrogen and oxygen atoms in total. The van der Waals surface area contributed by atoms with Crippen molar-refractivity contribution in [3.63, 3.8) is 0 Å². The first-order chi connectivity index (χ1) is 13.1. The number of piperidine rings is 1. The lowest BCUT2D eigenvalue weighted by Crippen LogP contribution is -2.37. The van der Waals surface area contributed by atoms with Gasteiger partial charge in [0.05, 0.1) is 0 Å². The van der Waals surface area contributed by atoms with E-state index in [2.05, 4.69) is 4.98 Å². The Hall–Kier alpha value is -2.95. The Labute approximate surface area is 157 Å². The molecule has 2 aromatic carbocycles. The number of para-hydroxylation sites is 2. The number of nitrogens with zero attached hydrogens (tertiary/aromatic N) is 2. The summed E-state index contributed by atoms with van der Waals surface area (Å²) in [5, 5.41) is 0. The number of allylic oxidation sites excluding steroid dienone is 1. The van der Waals surface area contributed by atoms with E-state index in [0.29, 0.717) is 13.1 Å². The fourth-order valence-electron chi connectivity index (χ4n) is 3.48. The average molecular weight is 364 g/mol. The molecule has 1 aliphatic rings. The van der Waals surface area contributed by atoms with E-state index in [0.717, 1.165) is 41.0 Å². The van der Waals surface area contributed by atoms with Crippen molar-refractivity contribution in [3.05, 3.63) is 71.9 Å². The summed E-state index contributed by atoms with van der Waals surface area (Å²) in [5.41, 5.74) is 3.37. The van der Waals surface area contributed by atoms with E-state index in [1.54, 1.807) is 18.2 Å². The maximum Gasteiger partial charge on any atom is 0.246 e. The van der Waals surface area contributed by atoms with Gasteiger partial charge in [-0.1, -0.05) is 24.3 Å². The van der Waals surface area contributed by atoms with Crippen LogP contribution in [-0.4, -0.2) is 28.9 Å². The zero-order chi connectivity index (χ0) is 18.8. The van der Waals surface area contributed by atoms with Gasteiger partial charge in [0.25, 0.3) is 0 Å². The molecule has 1 amide bonds. The number of aromatic nitrogens is 1. The van der Waals surface area contributed by atoms with Gasteiger partial charge in [0, 0.05) is 25.1 Å².